The Kier molecular flexibility index (Phi) is 12.9. The Balaban J connectivity index is -0.000000167. The second kappa shape index (κ2) is 10.1. The zero-order valence-corrected chi connectivity index (χ0v) is 9.52. The maximum atomic E-state index is 5.12. The third kappa shape index (κ3) is 9.06. The van der Waals surface area contributed by atoms with E-state index in [4.69, 9.17) is 17.1 Å². The fourth-order valence-electron chi connectivity index (χ4n) is 0.300. The minimum Gasteiger partial charge on any atom is -1.00 e. The third-order valence-electron chi connectivity index (χ3n) is 1.16. The van der Waals surface area contributed by atoms with E-state index in [9.17, 15) is 0 Å². The molecule has 0 radical (unpaired) electrons. The van der Waals surface area contributed by atoms with Gasteiger partial charge in [-0.3, -0.25) is 0 Å². The van der Waals surface area contributed by atoms with Crippen LogP contribution in [0.5, 0.6) is 0 Å². The van der Waals surface area contributed by atoms with Gasteiger partial charge in [0.1, 0.15) is 0 Å². The van der Waals surface area contributed by atoms with Crippen molar-refractivity contribution in [3.63, 3.8) is 0 Å². The normalized spacial score (nSPS) is 14.3. The molecular weight excluding hydrogens is 170 g/mol. The maximum absolute atomic E-state index is 5.12. The smallest absolute Gasteiger partial charge is 1.00 e. The van der Waals surface area contributed by atoms with Gasteiger partial charge in [-0.05, 0) is 0 Å². The second-order valence-corrected chi connectivity index (χ2v) is 2.71. The van der Waals surface area contributed by atoms with E-state index >= 15 is 0 Å². The average Bonchev–Trinajstić information content (AvgIpc) is 2.04. The summed E-state index contributed by atoms with van der Waals surface area (Å²) in [7, 11) is 3.17. The topological polar surface area (TPSA) is 36.9 Å². The molecule has 2 unspecified atom stereocenters. The Morgan fingerprint density at radius 2 is 1.33 bits per heavy atom. The zero-order chi connectivity index (χ0) is 8.69. The van der Waals surface area contributed by atoms with Crippen LogP contribution in [0.1, 0.15) is 16.7 Å². The average molecular weight is 186 g/mol. The van der Waals surface area contributed by atoms with Crippen LogP contribution >= 0.6 is 0 Å². The first-order valence-electron chi connectivity index (χ1n) is 3.39. The Hall–Kier alpha value is 0.970. The summed E-state index contributed by atoms with van der Waals surface area (Å²) < 4.78 is 19.9. The summed E-state index contributed by atoms with van der Waals surface area (Å²) in [5, 5.41) is 0. The number of methoxy groups -OCH3 is 2. The molecule has 0 aromatic heterocycles. The van der Waals surface area contributed by atoms with E-state index in [0.29, 0.717) is 0 Å². The third-order valence-corrected chi connectivity index (χ3v) is 2.15. The Bertz CT molecular complexity index is 93.9. The molecule has 2 atom stereocenters. The van der Waals surface area contributed by atoms with Crippen LogP contribution in [0.2, 0.25) is 0 Å². The van der Waals surface area contributed by atoms with Crippen molar-refractivity contribution >= 4 is 15.9 Å². The summed E-state index contributed by atoms with van der Waals surface area (Å²) in [4.78, 5) is 0. The second-order valence-electron chi connectivity index (χ2n) is 1.98. The SMILES string of the molecule is COC(C)[O][Al+][O]C(C)OC.[H-].[H-].[Li+]. The van der Waals surface area contributed by atoms with Gasteiger partial charge in [0.25, 0.3) is 0 Å². The fourth-order valence-corrected chi connectivity index (χ4v) is 0.899. The standard InChI is InChI=1S/2C3H7O2.Al.Li.2H/c2*1-3(4)5-2;;;;/h2*3H,1-2H3;;;;/q2*-1;+3;+1;2*-1. The van der Waals surface area contributed by atoms with Gasteiger partial charge < -0.3 is 2.85 Å². The molecular formula is C6H16AlLiO4. The van der Waals surface area contributed by atoms with Crippen LogP contribution in [0.4, 0.5) is 0 Å². The minimum atomic E-state index is -0.500. The van der Waals surface area contributed by atoms with Crippen molar-refractivity contribution in [2.75, 3.05) is 14.2 Å². The molecule has 4 nitrogen and oxygen atoms in total. The quantitative estimate of drug-likeness (QED) is 0.347. The Labute approximate surface area is 95.4 Å². The van der Waals surface area contributed by atoms with Gasteiger partial charge in [-0.2, -0.15) is 0 Å². The van der Waals surface area contributed by atoms with Crippen LogP contribution in [0.3, 0.4) is 0 Å². The summed E-state index contributed by atoms with van der Waals surface area (Å²) in [5.41, 5.74) is 0. The van der Waals surface area contributed by atoms with Crippen molar-refractivity contribution in [1.29, 1.82) is 0 Å². The number of hydrogen-bond donors (Lipinski definition) is 0. The largest absolute Gasteiger partial charge is 1.00 e. The molecule has 0 aromatic carbocycles. The molecule has 0 aliphatic carbocycles. The van der Waals surface area contributed by atoms with Gasteiger partial charge in [0, 0.05) is 0 Å². The molecule has 0 amide bonds. The van der Waals surface area contributed by atoms with Gasteiger partial charge >= 0.3 is 92.4 Å². The molecule has 0 aromatic rings. The molecule has 12 heavy (non-hydrogen) atoms. The van der Waals surface area contributed by atoms with E-state index in [1.165, 1.54) is 0 Å². The minimum absolute atomic E-state index is 0. The van der Waals surface area contributed by atoms with Crippen molar-refractivity contribution in [2.45, 2.75) is 26.4 Å². The van der Waals surface area contributed by atoms with Gasteiger partial charge in [-0.25, -0.2) is 0 Å². The molecule has 0 rings (SSSR count). The number of rotatable bonds is 6. The van der Waals surface area contributed by atoms with Gasteiger partial charge in [0.05, 0.1) is 0 Å². The monoisotopic (exact) mass is 186 g/mol. The number of hydrogen-bond acceptors (Lipinski definition) is 4. The summed E-state index contributed by atoms with van der Waals surface area (Å²) in [6.07, 6.45) is -0.400. The predicted molar refractivity (Wildman–Crippen MR) is 43.1 cm³/mol. The van der Waals surface area contributed by atoms with E-state index < -0.39 is 15.9 Å². The molecule has 0 saturated heterocycles. The van der Waals surface area contributed by atoms with Crippen LogP contribution in [0.15, 0.2) is 0 Å². The number of ether oxygens (including phenoxy) is 2. The molecule has 0 bridgehead atoms. The van der Waals surface area contributed by atoms with Crippen LogP contribution in [0.25, 0.3) is 0 Å². The zero-order valence-electron chi connectivity index (χ0n) is 10.4. The van der Waals surface area contributed by atoms with Crippen LogP contribution < -0.4 is 18.9 Å². The maximum Gasteiger partial charge on any atom is 1.00 e. The molecule has 0 aliphatic heterocycles. The van der Waals surface area contributed by atoms with Crippen LogP contribution in [0, 0.1) is 0 Å². The van der Waals surface area contributed by atoms with Crippen LogP contribution in [-0.4, -0.2) is 42.7 Å². The predicted octanol–water partition coefficient (Wildman–Crippen LogP) is -2.23. The van der Waals surface area contributed by atoms with E-state index in [1.54, 1.807) is 14.2 Å². The Morgan fingerprint density at radius 1 is 1.00 bits per heavy atom. The van der Waals surface area contributed by atoms with Crippen molar-refractivity contribution in [2.24, 2.45) is 0 Å². The molecule has 0 fully saturated rings. The van der Waals surface area contributed by atoms with Crippen molar-refractivity contribution in [1.82, 2.24) is 0 Å². The van der Waals surface area contributed by atoms with Crippen molar-refractivity contribution < 1.29 is 38.8 Å². The molecule has 0 aliphatic rings. The first-order valence-corrected chi connectivity index (χ1v) is 4.33. The van der Waals surface area contributed by atoms with Crippen molar-refractivity contribution in [3.05, 3.63) is 0 Å². The molecule has 68 valence electrons. The first kappa shape index (κ1) is 15.4. The van der Waals surface area contributed by atoms with E-state index in [2.05, 4.69) is 0 Å². The van der Waals surface area contributed by atoms with E-state index in [0.717, 1.165) is 0 Å². The first-order chi connectivity index (χ1) is 5.20. The summed E-state index contributed by atoms with van der Waals surface area (Å²) in [6.45, 7) is 3.63. The van der Waals surface area contributed by atoms with E-state index in [1.807, 2.05) is 13.8 Å². The van der Waals surface area contributed by atoms with Gasteiger partial charge in [0.15, 0.2) is 0 Å². The summed E-state index contributed by atoms with van der Waals surface area (Å²) in [6, 6.07) is 0. The molecule has 0 saturated carbocycles. The molecule has 0 spiro atoms. The van der Waals surface area contributed by atoms with Crippen LogP contribution in [-0.2, 0) is 17.1 Å². The molecule has 0 N–H and O–H groups in total. The van der Waals surface area contributed by atoms with Gasteiger partial charge in [0.2, 0.25) is 0 Å². The fraction of sp³-hybridized carbons (Fsp3) is 1.00. The summed E-state index contributed by atoms with van der Waals surface area (Å²) in [5.74, 6) is 0. The summed E-state index contributed by atoms with van der Waals surface area (Å²) >= 11 is -0.500. The van der Waals surface area contributed by atoms with E-state index in [-0.39, 0.29) is 34.3 Å². The van der Waals surface area contributed by atoms with Gasteiger partial charge in [-0.15, -0.1) is 0 Å². The van der Waals surface area contributed by atoms with Crippen molar-refractivity contribution in [3.8, 4) is 0 Å². The molecule has 0 heterocycles. The van der Waals surface area contributed by atoms with Gasteiger partial charge in [-0.1, -0.05) is 0 Å². The molecule has 6 heteroatoms. The Morgan fingerprint density at radius 3 is 1.58 bits per heavy atom.